The topological polar surface area (TPSA) is 61.8 Å². The molecule has 1 fully saturated rings. The van der Waals surface area contributed by atoms with Crippen LogP contribution in [0.3, 0.4) is 0 Å². The molecular formula is C17H26O5. The van der Waals surface area contributed by atoms with Crippen molar-refractivity contribution in [2.75, 3.05) is 13.7 Å². The lowest BCUT2D eigenvalue weighted by molar-refractivity contribution is -0.140. The second-order valence-electron chi connectivity index (χ2n) is 5.76. The first-order valence-electron chi connectivity index (χ1n) is 7.59. The molecule has 5 nitrogen and oxygen atoms in total. The number of methoxy groups -OCH3 is 1. The lowest BCUT2D eigenvalue weighted by Crippen LogP contribution is -2.21. The number of esters is 1. The van der Waals surface area contributed by atoms with Gasteiger partial charge < -0.3 is 14.2 Å². The summed E-state index contributed by atoms with van der Waals surface area (Å²) in [7, 11) is 1.39. The van der Waals surface area contributed by atoms with Gasteiger partial charge in [-0.05, 0) is 51.7 Å². The molecule has 0 saturated carbocycles. The third-order valence-corrected chi connectivity index (χ3v) is 3.35. The largest absolute Gasteiger partial charge is 0.469 e. The van der Waals surface area contributed by atoms with Gasteiger partial charge in [0.15, 0.2) is 11.6 Å². The maximum Gasteiger partial charge on any atom is 0.305 e. The van der Waals surface area contributed by atoms with Crippen molar-refractivity contribution in [3.05, 3.63) is 23.8 Å². The summed E-state index contributed by atoms with van der Waals surface area (Å²) < 4.78 is 15.7. The van der Waals surface area contributed by atoms with Crippen molar-refractivity contribution >= 4 is 11.8 Å². The highest BCUT2D eigenvalue weighted by atomic mass is 16.7. The number of rotatable bonds is 8. The molecule has 0 aromatic rings. The number of unbranched alkanes of at least 4 members (excludes halogenated alkanes) is 1. The molecule has 0 radical (unpaired) electrons. The van der Waals surface area contributed by atoms with Crippen LogP contribution in [0, 0.1) is 0 Å². The van der Waals surface area contributed by atoms with Gasteiger partial charge in [0.25, 0.3) is 0 Å². The van der Waals surface area contributed by atoms with Crippen molar-refractivity contribution in [2.24, 2.45) is 0 Å². The summed E-state index contributed by atoms with van der Waals surface area (Å²) >= 11 is 0. The van der Waals surface area contributed by atoms with E-state index in [1.54, 1.807) is 6.92 Å². The Balaban J connectivity index is 2.42. The summed E-state index contributed by atoms with van der Waals surface area (Å²) in [5.74, 6) is -0.751. The van der Waals surface area contributed by atoms with Crippen LogP contribution in [0.1, 0.15) is 46.5 Å². The van der Waals surface area contributed by atoms with Crippen LogP contribution in [0.15, 0.2) is 23.8 Å². The standard InChI is InChI=1S/C17H26O5/c1-13(18)14(11-15-12-21-17(2,3)22-15)9-7-5-6-8-10-16(19)20-4/h5,7,11,15H,6,8-10,12H2,1-4H3/b7-5-,14-11+. The minimum Gasteiger partial charge on any atom is -0.469 e. The van der Waals surface area contributed by atoms with Crippen LogP contribution in [-0.2, 0) is 23.8 Å². The van der Waals surface area contributed by atoms with Crippen LogP contribution in [0.4, 0.5) is 0 Å². The van der Waals surface area contributed by atoms with Crippen LogP contribution in [0.25, 0.3) is 0 Å². The second-order valence-corrected chi connectivity index (χ2v) is 5.76. The molecule has 1 unspecified atom stereocenters. The van der Waals surface area contributed by atoms with E-state index < -0.39 is 5.79 Å². The first-order valence-corrected chi connectivity index (χ1v) is 7.59. The Morgan fingerprint density at radius 2 is 2.05 bits per heavy atom. The summed E-state index contributed by atoms with van der Waals surface area (Å²) in [5.41, 5.74) is 0.718. The first-order chi connectivity index (χ1) is 10.3. The fourth-order valence-electron chi connectivity index (χ4n) is 2.15. The minimum absolute atomic E-state index is 0.0347. The molecule has 1 atom stereocenters. The van der Waals surface area contributed by atoms with E-state index >= 15 is 0 Å². The Labute approximate surface area is 132 Å². The van der Waals surface area contributed by atoms with Crippen LogP contribution in [-0.4, -0.2) is 37.4 Å². The number of Topliss-reactive ketones (excluding diaryl/α,β-unsaturated/α-hetero) is 1. The molecule has 0 bridgehead atoms. The fraction of sp³-hybridized carbons (Fsp3) is 0.647. The molecule has 0 aromatic heterocycles. The number of carbonyl (C=O) groups is 2. The Bertz CT molecular complexity index is 448. The molecule has 1 rings (SSSR count). The van der Waals surface area contributed by atoms with Gasteiger partial charge in [-0.2, -0.15) is 0 Å². The predicted molar refractivity (Wildman–Crippen MR) is 83.3 cm³/mol. The number of hydrogen-bond acceptors (Lipinski definition) is 5. The highest BCUT2D eigenvalue weighted by molar-refractivity contribution is 5.93. The molecule has 1 heterocycles. The summed E-state index contributed by atoms with van der Waals surface area (Å²) in [6.45, 7) is 5.73. The predicted octanol–water partition coefficient (Wildman–Crippen LogP) is 2.94. The summed E-state index contributed by atoms with van der Waals surface area (Å²) in [5, 5.41) is 0. The molecular weight excluding hydrogens is 284 g/mol. The number of allylic oxidation sites excluding steroid dienone is 3. The number of hydrogen-bond donors (Lipinski definition) is 0. The third kappa shape index (κ3) is 7.00. The van der Waals surface area contributed by atoms with Gasteiger partial charge in [-0.3, -0.25) is 9.59 Å². The van der Waals surface area contributed by atoms with E-state index in [0.29, 0.717) is 19.4 Å². The van der Waals surface area contributed by atoms with E-state index in [9.17, 15) is 9.59 Å². The maximum atomic E-state index is 11.7. The zero-order valence-corrected chi connectivity index (χ0v) is 13.9. The molecule has 5 heteroatoms. The smallest absolute Gasteiger partial charge is 0.305 e. The zero-order valence-electron chi connectivity index (χ0n) is 13.9. The third-order valence-electron chi connectivity index (χ3n) is 3.35. The highest BCUT2D eigenvalue weighted by Crippen LogP contribution is 2.24. The first kappa shape index (κ1) is 18.6. The van der Waals surface area contributed by atoms with Crippen LogP contribution in [0.2, 0.25) is 0 Å². The number of carbonyl (C=O) groups excluding carboxylic acids is 2. The van der Waals surface area contributed by atoms with Crippen molar-refractivity contribution in [3.8, 4) is 0 Å². The van der Waals surface area contributed by atoms with Gasteiger partial charge >= 0.3 is 5.97 Å². The summed E-state index contributed by atoms with van der Waals surface area (Å²) in [4.78, 5) is 22.6. The second kappa shape index (κ2) is 8.86. The Morgan fingerprint density at radius 3 is 2.59 bits per heavy atom. The minimum atomic E-state index is -0.590. The van der Waals surface area contributed by atoms with Crippen molar-refractivity contribution in [2.45, 2.75) is 58.3 Å². The molecule has 0 N–H and O–H groups in total. The van der Waals surface area contributed by atoms with Gasteiger partial charge in [0, 0.05) is 6.42 Å². The lowest BCUT2D eigenvalue weighted by atomic mass is 10.1. The highest BCUT2D eigenvalue weighted by Gasteiger charge is 2.31. The monoisotopic (exact) mass is 310 g/mol. The lowest BCUT2D eigenvalue weighted by Gasteiger charge is -2.16. The van der Waals surface area contributed by atoms with E-state index in [-0.39, 0.29) is 17.9 Å². The zero-order chi connectivity index (χ0) is 16.6. The van der Waals surface area contributed by atoms with Crippen LogP contribution in [0.5, 0.6) is 0 Å². The Hall–Kier alpha value is -1.46. The molecule has 1 saturated heterocycles. The van der Waals surface area contributed by atoms with Gasteiger partial charge in [-0.25, -0.2) is 0 Å². The van der Waals surface area contributed by atoms with Gasteiger partial charge in [-0.15, -0.1) is 0 Å². The quantitative estimate of drug-likeness (QED) is 0.298. The van der Waals surface area contributed by atoms with Crippen molar-refractivity contribution in [3.63, 3.8) is 0 Å². The van der Waals surface area contributed by atoms with Crippen LogP contribution < -0.4 is 0 Å². The SMILES string of the molecule is COC(=O)CCC/C=C\C/C(=C\C1COC(C)(C)O1)C(C)=O. The Morgan fingerprint density at radius 1 is 1.32 bits per heavy atom. The fourth-order valence-corrected chi connectivity index (χ4v) is 2.15. The summed E-state index contributed by atoms with van der Waals surface area (Å²) in [6, 6.07) is 0. The average molecular weight is 310 g/mol. The molecule has 1 aliphatic rings. The molecule has 124 valence electrons. The Kier molecular flexibility index (Phi) is 7.48. The van der Waals surface area contributed by atoms with E-state index in [0.717, 1.165) is 18.4 Å². The van der Waals surface area contributed by atoms with Crippen LogP contribution >= 0.6 is 0 Å². The molecule has 0 aromatic carbocycles. The van der Waals surface area contributed by atoms with Gasteiger partial charge in [-0.1, -0.05) is 12.2 Å². The van der Waals surface area contributed by atoms with Gasteiger partial charge in [0.1, 0.15) is 6.10 Å². The van der Waals surface area contributed by atoms with Crippen molar-refractivity contribution < 1.29 is 23.8 Å². The molecule has 22 heavy (non-hydrogen) atoms. The number of ether oxygens (including phenoxy) is 3. The number of ketones is 1. The van der Waals surface area contributed by atoms with E-state index in [1.807, 2.05) is 32.1 Å². The van der Waals surface area contributed by atoms with E-state index in [2.05, 4.69) is 4.74 Å². The molecule has 0 aliphatic carbocycles. The molecule has 0 spiro atoms. The van der Waals surface area contributed by atoms with Gasteiger partial charge in [0.05, 0.1) is 13.7 Å². The normalized spacial score (nSPS) is 21.3. The van der Waals surface area contributed by atoms with Gasteiger partial charge in [0.2, 0.25) is 0 Å². The van der Waals surface area contributed by atoms with E-state index in [4.69, 9.17) is 9.47 Å². The molecule has 0 amide bonds. The maximum absolute atomic E-state index is 11.7. The average Bonchev–Trinajstić information content (AvgIpc) is 2.79. The van der Waals surface area contributed by atoms with Crippen molar-refractivity contribution in [1.29, 1.82) is 0 Å². The molecule has 1 aliphatic heterocycles. The van der Waals surface area contributed by atoms with E-state index in [1.165, 1.54) is 7.11 Å². The van der Waals surface area contributed by atoms with Crippen molar-refractivity contribution in [1.82, 2.24) is 0 Å². The summed E-state index contributed by atoms with van der Waals surface area (Å²) in [6.07, 6.45) is 8.11.